The van der Waals surface area contributed by atoms with Crippen LogP contribution in [0.15, 0.2) is 24.5 Å². The summed E-state index contributed by atoms with van der Waals surface area (Å²) in [5.41, 5.74) is 1.14. The molecule has 0 N–H and O–H groups in total. The molecule has 0 saturated carbocycles. The van der Waals surface area contributed by atoms with Crippen LogP contribution in [0.3, 0.4) is 0 Å². The maximum absolute atomic E-state index is 10.9. The third-order valence-corrected chi connectivity index (χ3v) is 2.95. The Morgan fingerprint density at radius 3 is 2.74 bits per heavy atom. The summed E-state index contributed by atoms with van der Waals surface area (Å²) in [6, 6.07) is 4.61. The molecular weight excluding hydrogens is 270 g/mol. The Morgan fingerprint density at radius 1 is 1.32 bits per heavy atom. The van der Waals surface area contributed by atoms with Crippen LogP contribution in [0, 0.1) is 24.0 Å². The first-order valence-electron chi connectivity index (χ1n) is 5.39. The van der Waals surface area contributed by atoms with Gasteiger partial charge in [-0.2, -0.15) is 0 Å². The van der Waals surface area contributed by atoms with E-state index in [0.717, 1.165) is 0 Å². The van der Waals surface area contributed by atoms with Gasteiger partial charge in [-0.05, 0) is 26.0 Å². The minimum atomic E-state index is -0.456. The molecule has 0 aliphatic rings. The Labute approximate surface area is 114 Å². The number of aromatic nitrogens is 2. The van der Waals surface area contributed by atoms with E-state index < -0.39 is 4.92 Å². The molecule has 1 aromatic carbocycles. The second-order valence-electron chi connectivity index (χ2n) is 3.90. The molecule has 0 atom stereocenters. The molecule has 0 bridgehead atoms. The quantitative estimate of drug-likeness (QED) is 0.488. The zero-order chi connectivity index (χ0) is 14.0. The van der Waals surface area contributed by atoms with E-state index in [1.54, 1.807) is 26.0 Å². The van der Waals surface area contributed by atoms with Gasteiger partial charge in [-0.15, -0.1) is 0 Å². The van der Waals surface area contributed by atoms with Gasteiger partial charge >= 0.3 is 0 Å². The van der Waals surface area contributed by atoms with E-state index in [0.29, 0.717) is 16.9 Å². The van der Waals surface area contributed by atoms with E-state index in [-0.39, 0.29) is 16.7 Å². The number of halogens is 1. The fraction of sp³-hybridized carbons (Fsp3) is 0.167. The monoisotopic (exact) mass is 279 g/mol. The van der Waals surface area contributed by atoms with Gasteiger partial charge in [-0.1, -0.05) is 11.6 Å². The molecule has 7 heteroatoms. The van der Waals surface area contributed by atoms with Gasteiger partial charge < -0.3 is 4.74 Å². The minimum Gasteiger partial charge on any atom is -0.438 e. The van der Waals surface area contributed by atoms with Gasteiger partial charge in [-0.3, -0.25) is 10.1 Å². The van der Waals surface area contributed by atoms with E-state index >= 15 is 0 Å². The van der Waals surface area contributed by atoms with Crippen molar-refractivity contribution < 1.29 is 9.66 Å². The van der Waals surface area contributed by atoms with E-state index in [1.807, 2.05) is 0 Å². The maximum Gasteiger partial charge on any atom is 0.276 e. The average molecular weight is 280 g/mol. The summed E-state index contributed by atoms with van der Waals surface area (Å²) in [5, 5.41) is 11.1. The molecule has 0 radical (unpaired) electrons. The zero-order valence-corrected chi connectivity index (χ0v) is 11.0. The van der Waals surface area contributed by atoms with Crippen molar-refractivity contribution >= 4 is 17.3 Å². The number of nitro benzene ring substituents is 1. The fourth-order valence-corrected chi connectivity index (χ4v) is 1.60. The van der Waals surface area contributed by atoms with Gasteiger partial charge in [0.15, 0.2) is 0 Å². The predicted molar refractivity (Wildman–Crippen MR) is 69.7 cm³/mol. The number of ether oxygens (including phenoxy) is 1. The maximum atomic E-state index is 10.9. The van der Waals surface area contributed by atoms with Gasteiger partial charge in [0.2, 0.25) is 5.88 Å². The number of benzene rings is 1. The molecule has 19 heavy (non-hydrogen) atoms. The molecule has 2 aromatic rings. The highest BCUT2D eigenvalue weighted by molar-refractivity contribution is 6.30. The average Bonchev–Trinajstić information content (AvgIpc) is 2.37. The van der Waals surface area contributed by atoms with Crippen molar-refractivity contribution in [1.82, 2.24) is 9.97 Å². The Morgan fingerprint density at radius 2 is 2.05 bits per heavy atom. The number of nitrogens with zero attached hydrogens (tertiary/aromatic N) is 3. The van der Waals surface area contributed by atoms with E-state index in [1.165, 1.54) is 12.4 Å². The third-order valence-electron chi connectivity index (χ3n) is 2.57. The van der Waals surface area contributed by atoms with E-state index in [4.69, 9.17) is 16.3 Å². The molecule has 0 unspecified atom stereocenters. The van der Waals surface area contributed by atoms with Crippen molar-refractivity contribution in [1.29, 1.82) is 0 Å². The lowest BCUT2D eigenvalue weighted by Gasteiger charge is -2.08. The molecule has 0 saturated heterocycles. The standard InChI is InChI=1S/C12H10ClN3O3/c1-7-3-4-9(5-10(7)16(17)18)19-12-8(2)11(13)14-6-15-12/h3-6H,1-2H3. The summed E-state index contributed by atoms with van der Waals surface area (Å²) in [4.78, 5) is 18.1. The molecule has 0 spiro atoms. The summed E-state index contributed by atoms with van der Waals surface area (Å²) >= 11 is 5.85. The Hall–Kier alpha value is -2.21. The van der Waals surface area contributed by atoms with Gasteiger partial charge in [0.25, 0.3) is 5.69 Å². The Bertz CT molecular complexity index is 646. The molecule has 0 aliphatic heterocycles. The molecule has 0 aliphatic carbocycles. The smallest absolute Gasteiger partial charge is 0.276 e. The van der Waals surface area contributed by atoms with Crippen LogP contribution in [0.2, 0.25) is 5.15 Å². The number of hydrogen-bond donors (Lipinski definition) is 0. The predicted octanol–water partition coefficient (Wildman–Crippen LogP) is 3.45. The zero-order valence-electron chi connectivity index (χ0n) is 10.3. The summed E-state index contributed by atoms with van der Waals surface area (Å²) < 4.78 is 5.50. The highest BCUT2D eigenvalue weighted by atomic mass is 35.5. The molecule has 0 fully saturated rings. The fourth-order valence-electron chi connectivity index (χ4n) is 1.48. The normalized spacial score (nSPS) is 10.3. The summed E-state index contributed by atoms with van der Waals surface area (Å²) in [7, 11) is 0. The van der Waals surface area contributed by atoms with Crippen molar-refractivity contribution in [2.24, 2.45) is 0 Å². The molecule has 98 valence electrons. The first-order chi connectivity index (χ1) is 8.99. The van der Waals surface area contributed by atoms with Crippen LogP contribution >= 0.6 is 11.6 Å². The third kappa shape index (κ3) is 2.79. The van der Waals surface area contributed by atoms with Crippen molar-refractivity contribution in [3.05, 3.63) is 50.9 Å². The topological polar surface area (TPSA) is 78.2 Å². The lowest BCUT2D eigenvalue weighted by atomic mass is 10.2. The summed E-state index contributed by atoms with van der Waals surface area (Å²) in [5.74, 6) is 0.605. The van der Waals surface area contributed by atoms with Gasteiger partial charge in [0.1, 0.15) is 17.2 Å². The molecular formula is C12H10ClN3O3. The second kappa shape index (κ2) is 5.19. The molecule has 0 amide bonds. The number of rotatable bonds is 3. The highest BCUT2D eigenvalue weighted by Crippen LogP contribution is 2.29. The van der Waals surface area contributed by atoms with Crippen LogP contribution in [-0.4, -0.2) is 14.9 Å². The SMILES string of the molecule is Cc1ccc(Oc2ncnc(Cl)c2C)cc1[N+](=O)[O-]. The van der Waals surface area contributed by atoms with E-state index in [2.05, 4.69) is 9.97 Å². The van der Waals surface area contributed by atoms with Gasteiger partial charge in [0.05, 0.1) is 11.0 Å². The van der Waals surface area contributed by atoms with Crippen LogP contribution in [-0.2, 0) is 0 Å². The molecule has 2 rings (SSSR count). The van der Waals surface area contributed by atoms with E-state index in [9.17, 15) is 10.1 Å². The summed E-state index contributed by atoms with van der Waals surface area (Å²) in [6.45, 7) is 3.37. The molecule has 1 heterocycles. The highest BCUT2D eigenvalue weighted by Gasteiger charge is 2.13. The number of nitro groups is 1. The van der Waals surface area contributed by atoms with Crippen LogP contribution in [0.25, 0.3) is 0 Å². The Balaban J connectivity index is 2.36. The van der Waals surface area contributed by atoms with Crippen molar-refractivity contribution in [2.75, 3.05) is 0 Å². The number of hydrogen-bond acceptors (Lipinski definition) is 5. The van der Waals surface area contributed by atoms with Crippen LogP contribution in [0.4, 0.5) is 5.69 Å². The minimum absolute atomic E-state index is 0.00435. The molecule has 1 aromatic heterocycles. The van der Waals surface area contributed by atoms with Crippen molar-refractivity contribution in [2.45, 2.75) is 13.8 Å². The van der Waals surface area contributed by atoms with Crippen LogP contribution < -0.4 is 4.74 Å². The van der Waals surface area contributed by atoms with Gasteiger partial charge in [-0.25, -0.2) is 9.97 Å². The van der Waals surface area contributed by atoms with Gasteiger partial charge in [0, 0.05) is 11.1 Å². The van der Waals surface area contributed by atoms with Crippen molar-refractivity contribution in [3.8, 4) is 11.6 Å². The van der Waals surface area contributed by atoms with Crippen LogP contribution in [0.1, 0.15) is 11.1 Å². The van der Waals surface area contributed by atoms with Crippen molar-refractivity contribution in [3.63, 3.8) is 0 Å². The second-order valence-corrected chi connectivity index (χ2v) is 4.26. The largest absolute Gasteiger partial charge is 0.438 e. The number of aryl methyl sites for hydroxylation is 1. The molecule has 6 nitrogen and oxygen atoms in total. The summed E-state index contributed by atoms with van der Waals surface area (Å²) in [6.07, 6.45) is 1.27. The lowest BCUT2D eigenvalue weighted by molar-refractivity contribution is -0.385. The van der Waals surface area contributed by atoms with Crippen LogP contribution in [0.5, 0.6) is 11.6 Å². The first kappa shape index (κ1) is 13.2. The first-order valence-corrected chi connectivity index (χ1v) is 5.77. The lowest BCUT2D eigenvalue weighted by Crippen LogP contribution is -1.96. The Kier molecular flexibility index (Phi) is 3.62.